The fourth-order valence-corrected chi connectivity index (χ4v) is 2.36. The Hall–Kier alpha value is -2.43. The molecule has 21 heavy (non-hydrogen) atoms. The van der Waals surface area contributed by atoms with Crippen molar-refractivity contribution in [3.63, 3.8) is 0 Å². The van der Waals surface area contributed by atoms with E-state index in [0.29, 0.717) is 11.3 Å². The minimum atomic E-state index is -1.06. The van der Waals surface area contributed by atoms with Gasteiger partial charge in [-0.2, -0.15) is 0 Å². The van der Waals surface area contributed by atoms with Gasteiger partial charge in [-0.3, -0.25) is 0 Å². The summed E-state index contributed by atoms with van der Waals surface area (Å²) in [6.07, 6.45) is -1.06. The maximum atomic E-state index is 9.87. The lowest BCUT2D eigenvalue weighted by Crippen LogP contribution is -2.10. The van der Waals surface area contributed by atoms with Crippen LogP contribution in [0.3, 0.4) is 0 Å². The Labute approximate surface area is 122 Å². The molecule has 1 atom stereocenters. The molecule has 4 heteroatoms. The summed E-state index contributed by atoms with van der Waals surface area (Å²) in [5.41, 5.74) is 8.89. The molecule has 3 rings (SSSR count). The molecule has 0 saturated carbocycles. The smallest absolute Gasteiger partial charge is 0.129 e. The Balaban J connectivity index is 2.26. The Morgan fingerprint density at radius 2 is 1.86 bits per heavy atom. The summed E-state index contributed by atoms with van der Waals surface area (Å²) in [7, 11) is 1.60. The van der Waals surface area contributed by atoms with Crippen LogP contribution in [0.5, 0.6) is 5.75 Å². The molecular weight excluding hydrogens is 264 g/mol. The van der Waals surface area contributed by atoms with Crippen molar-refractivity contribution in [1.29, 1.82) is 0 Å². The minimum absolute atomic E-state index is 0.637. The molecule has 1 unspecified atom stereocenters. The third-order valence-electron chi connectivity index (χ3n) is 3.44. The zero-order valence-electron chi connectivity index (χ0n) is 11.7. The topological polar surface area (TPSA) is 68.4 Å². The molecule has 0 spiro atoms. The van der Waals surface area contributed by atoms with Crippen molar-refractivity contribution in [1.82, 2.24) is 4.98 Å². The number of benzene rings is 2. The van der Waals surface area contributed by atoms with Gasteiger partial charge in [0.05, 0.1) is 18.3 Å². The van der Waals surface area contributed by atoms with Crippen LogP contribution in [0, 0.1) is 0 Å². The predicted octanol–water partition coefficient (Wildman–Crippen LogP) is 2.86. The number of nitrogens with two attached hydrogens (primary N) is 1. The van der Waals surface area contributed by atoms with Crippen LogP contribution in [-0.4, -0.2) is 17.2 Å². The first-order valence-corrected chi connectivity index (χ1v) is 6.67. The fraction of sp³-hybridized carbons (Fsp3) is 0.118. The van der Waals surface area contributed by atoms with Crippen LogP contribution in [-0.2, 0) is 0 Å². The minimum Gasteiger partial charge on any atom is -0.497 e. The number of nitrogens with zero attached hydrogens (tertiary/aromatic N) is 1. The molecule has 0 amide bonds. The molecule has 3 N–H and O–H groups in total. The average Bonchev–Trinajstić information content (AvgIpc) is 2.54. The van der Waals surface area contributed by atoms with E-state index in [2.05, 4.69) is 4.98 Å². The van der Waals surface area contributed by atoms with Gasteiger partial charge in [0.1, 0.15) is 12.0 Å². The van der Waals surface area contributed by atoms with Gasteiger partial charge in [0.2, 0.25) is 0 Å². The van der Waals surface area contributed by atoms with Gasteiger partial charge in [-0.1, -0.05) is 30.3 Å². The van der Waals surface area contributed by atoms with Crippen molar-refractivity contribution in [2.24, 2.45) is 5.73 Å². The van der Waals surface area contributed by atoms with Crippen molar-refractivity contribution >= 4 is 10.9 Å². The van der Waals surface area contributed by atoms with E-state index in [4.69, 9.17) is 10.5 Å². The lowest BCUT2D eigenvalue weighted by atomic mass is 10.0. The number of aliphatic hydroxyl groups excluding tert-OH is 1. The van der Waals surface area contributed by atoms with Gasteiger partial charge in [0.15, 0.2) is 0 Å². The monoisotopic (exact) mass is 280 g/mol. The molecule has 3 aromatic rings. The van der Waals surface area contributed by atoms with Gasteiger partial charge < -0.3 is 15.6 Å². The third-order valence-corrected chi connectivity index (χ3v) is 3.44. The highest BCUT2D eigenvalue weighted by atomic mass is 16.5. The maximum Gasteiger partial charge on any atom is 0.129 e. The number of pyridine rings is 1. The average molecular weight is 280 g/mol. The quantitative estimate of drug-likeness (QED) is 0.724. The number of rotatable bonds is 3. The van der Waals surface area contributed by atoms with Gasteiger partial charge in [-0.05, 0) is 24.3 Å². The highest BCUT2D eigenvalue weighted by Crippen LogP contribution is 2.29. The van der Waals surface area contributed by atoms with Crippen molar-refractivity contribution in [3.05, 3.63) is 60.2 Å². The molecule has 0 aliphatic heterocycles. The van der Waals surface area contributed by atoms with E-state index < -0.39 is 6.23 Å². The van der Waals surface area contributed by atoms with Crippen LogP contribution < -0.4 is 10.5 Å². The van der Waals surface area contributed by atoms with E-state index in [-0.39, 0.29) is 0 Å². The van der Waals surface area contributed by atoms with Crippen LogP contribution >= 0.6 is 0 Å². The second-order valence-corrected chi connectivity index (χ2v) is 4.79. The molecule has 0 radical (unpaired) electrons. The first-order valence-electron chi connectivity index (χ1n) is 6.67. The van der Waals surface area contributed by atoms with Crippen molar-refractivity contribution < 1.29 is 9.84 Å². The van der Waals surface area contributed by atoms with Crippen molar-refractivity contribution in [2.45, 2.75) is 6.23 Å². The largest absolute Gasteiger partial charge is 0.497 e. The molecule has 1 aromatic heterocycles. The third kappa shape index (κ3) is 2.59. The zero-order chi connectivity index (χ0) is 14.8. The maximum absolute atomic E-state index is 9.87. The molecule has 1 heterocycles. The summed E-state index contributed by atoms with van der Waals surface area (Å²) in [6.45, 7) is 0. The predicted molar refractivity (Wildman–Crippen MR) is 82.9 cm³/mol. The Kier molecular flexibility index (Phi) is 3.56. The van der Waals surface area contributed by atoms with Gasteiger partial charge in [0, 0.05) is 16.5 Å². The van der Waals surface area contributed by atoms with E-state index in [0.717, 1.165) is 22.2 Å². The van der Waals surface area contributed by atoms with E-state index in [9.17, 15) is 5.11 Å². The Bertz CT molecular complexity index is 770. The van der Waals surface area contributed by atoms with Gasteiger partial charge in [-0.25, -0.2) is 4.98 Å². The number of fused-ring (bicyclic) bond motifs is 1. The molecule has 0 saturated heterocycles. The summed E-state index contributed by atoms with van der Waals surface area (Å²) >= 11 is 0. The number of methoxy groups -OCH3 is 1. The summed E-state index contributed by atoms with van der Waals surface area (Å²) in [6, 6.07) is 17.2. The Morgan fingerprint density at radius 1 is 1.10 bits per heavy atom. The van der Waals surface area contributed by atoms with Crippen molar-refractivity contribution in [3.8, 4) is 17.0 Å². The molecule has 0 bridgehead atoms. The van der Waals surface area contributed by atoms with Gasteiger partial charge >= 0.3 is 0 Å². The van der Waals surface area contributed by atoms with Crippen LogP contribution in [0.15, 0.2) is 54.6 Å². The number of ether oxygens (including phenoxy) is 1. The van der Waals surface area contributed by atoms with Gasteiger partial charge in [0.25, 0.3) is 0 Å². The zero-order valence-corrected chi connectivity index (χ0v) is 11.7. The molecule has 0 aliphatic carbocycles. The number of hydrogen-bond donors (Lipinski definition) is 2. The second kappa shape index (κ2) is 5.52. The van der Waals surface area contributed by atoms with E-state index in [1.807, 2.05) is 54.6 Å². The van der Waals surface area contributed by atoms with E-state index in [1.54, 1.807) is 7.11 Å². The number of aromatic nitrogens is 1. The molecular formula is C17H16N2O2. The van der Waals surface area contributed by atoms with Gasteiger partial charge in [-0.15, -0.1) is 0 Å². The number of aliphatic hydroxyl groups is 1. The lowest BCUT2D eigenvalue weighted by molar-refractivity contribution is 0.188. The standard InChI is InChI=1S/C17H16N2O2/c1-21-12-7-8-15-13(9-12)14(17(18)20)10-16(19-15)11-5-3-2-4-6-11/h2-10,17,20H,18H2,1H3. The van der Waals surface area contributed by atoms with Crippen LogP contribution in [0.4, 0.5) is 0 Å². The van der Waals surface area contributed by atoms with Crippen LogP contribution in [0.25, 0.3) is 22.2 Å². The second-order valence-electron chi connectivity index (χ2n) is 4.79. The van der Waals surface area contributed by atoms with Crippen LogP contribution in [0.1, 0.15) is 11.8 Å². The van der Waals surface area contributed by atoms with Crippen LogP contribution in [0.2, 0.25) is 0 Å². The van der Waals surface area contributed by atoms with Crippen molar-refractivity contribution in [2.75, 3.05) is 7.11 Å². The normalized spacial score (nSPS) is 12.3. The fourth-order valence-electron chi connectivity index (χ4n) is 2.36. The highest BCUT2D eigenvalue weighted by molar-refractivity contribution is 5.86. The molecule has 106 valence electrons. The Morgan fingerprint density at radius 3 is 2.52 bits per heavy atom. The van der Waals surface area contributed by atoms with E-state index in [1.165, 1.54) is 0 Å². The highest BCUT2D eigenvalue weighted by Gasteiger charge is 2.12. The SMILES string of the molecule is COc1ccc2nc(-c3ccccc3)cc(C(N)O)c2c1. The lowest BCUT2D eigenvalue weighted by Gasteiger charge is -2.13. The number of hydrogen-bond acceptors (Lipinski definition) is 4. The molecule has 0 aliphatic rings. The summed E-state index contributed by atoms with van der Waals surface area (Å²) in [4.78, 5) is 4.64. The first-order chi connectivity index (χ1) is 10.2. The molecule has 2 aromatic carbocycles. The summed E-state index contributed by atoms with van der Waals surface area (Å²) in [5, 5.41) is 10.7. The summed E-state index contributed by atoms with van der Waals surface area (Å²) in [5.74, 6) is 0.707. The molecule has 0 fully saturated rings. The summed E-state index contributed by atoms with van der Waals surface area (Å²) < 4.78 is 5.22. The van der Waals surface area contributed by atoms with E-state index >= 15 is 0 Å². The first kappa shape index (κ1) is 13.5. The molecule has 4 nitrogen and oxygen atoms in total.